The second-order valence-electron chi connectivity index (χ2n) is 3.02. The van der Waals surface area contributed by atoms with Crippen LogP contribution < -0.4 is 4.74 Å². The number of imidazole rings is 1. The number of aryl methyl sites for hydroxylation is 1. The van der Waals surface area contributed by atoms with E-state index in [1.165, 1.54) is 0 Å². The molecule has 0 aliphatic rings. The van der Waals surface area contributed by atoms with Crippen molar-refractivity contribution < 1.29 is 4.74 Å². The molecule has 0 saturated carbocycles. The van der Waals surface area contributed by atoms with Crippen LogP contribution in [0.4, 0.5) is 0 Å². The third-order valence-corrected chi connectivity index (χ3v) is 2.12. The van der Waals surface area contributed by atoms with Crippen LogP contribution in [0.25, 0.3) is 11.2 Å². The van der Waals surface area contributed by atoms with Gasteiger partial charge in [-0.1, -0.05) is 0 Å². The van der Waals surface area contributed by atoms with E-state index in [-0.39, 0.29) is 0 Å². The topological polar surface area (TPSA) is 63.7 Å². The molecule has 0 fully saturated rings. The SMILES string of the molecule is CCOc1ccnc2c1nc(C#N)n2C. The van der Waals surface area contributed by atoms with E-state index >= 15 is 0 Å². The highest BCUT2D eigenvalue weighted by Crippen LogP contribution is 2.22. The Labute approximate surface area is 86.9 Å². The first-order chi connectivity index (χ1) is 7.27. The fourth-order valence-corrected chi connectivity index (χ4v) is 1.43. The minimum atomic E-state index is 0.338. The molecule has 0 aliphatic heterocycles. The highest BCUT2D eigenvalue weighted by molar-refractivity contribution is 5.79. The third kappa shape index (κ3) is 1.40. The van der Waals surface area contributed by atoms with Crippen LogP contribution in [0.3, 0.4) is 0 Å². The molecule has 0 spiro atoms. The molecule has 2 aromatic heterocycles. The zero-order chi connectivity index (χ0) is 10.8. The van der Waals surface area contributed by atoms with Crippen molar-refractivity contribution in [2.45, 2.75) is 6.92 Å². The molecule has 76 valence electrons. The summed E-state index contributed by atoms with van der Waals surface area (Å²) in [7, 11) is 1.76. The summed E-state index contributed by atoms with van der Waals surface area (Å²) in [5.41, 5.74) is 1.30. The fourth-order valence-electron chi connectivity index (χ4n) is 1.43. The predicted molar refractivity (Wildman–Crippen MR) is 54.4 cm³/mol. The molecule has 2 rings (SSSR count). The predicted octanol–water partition coefficient (Wildman–Crippen LogP) is 1.24. The molecule has 2 aromatic rings. The van der Waals surface area contributed by atoms with Gasteiger partial charge in [-0.05, 0) is 6.92 Å². The van der Waals surface area contributed by atoms with Crippen molar-refractivity contribution in [1.82, 2.24) is 14.5 Å². The van der Waals surface area contributed by atoms with Gasteiger partial charge in [-0.25, -0.2) is 9.97 Å². The standard InChI is InChI=1S/C10H10N4O/c1-3-15-7-4-5-12-10-9(7)13-8(6-11)14(10)2/h4-5H,3H2,1-2H3. The minimum Gasteiger partial charge on any atom is -0.491 e. The Kier molecular flexibility index (Phi) is 2.26. The van der Waals surface area contributed by atoms with E-state index < -0.39 is 0 Å². The van der Waals surface area contributed by atoms with Crippen molar-refractivity contribution in [2.75, 3.05) is 6.61 Å². The summed E-state index contributed by atoms with van der Waals surface area (Å²) in [6.07, 6.45) is 1.65. The van der Waals surface area contributed by atoms with Crippen molar-refractivity contribution in [2.24, 2.45) is 7.05 Å². The van der Waals surface area contributed by atoms with E-state index in [9.17, 15) is 0 Å². The maximum atomic E-state index is 8.84. The Morgan fingerprint density at radius 1 is 1.60 bits per heavy atom. The van der Waals surface area contributed by atoms with Crippen LogP contribution in [-0.2, 0) is 7.05 Å². The van der Waals surface area contributed by atoms with E-state index in [1.54, 1.807) is 23.9 Å². The number of nitrogens with zero attached hydrogens (tertiary/aromatic N) is 4. The number of hydrogen-bond acceptors (Lipinski definition) is 4. The first-order valence-electron chi connectivity index (χ1n) is 4.62. The lowest BCUT2D eigenvalue weighted by Gasteiger charge is -2.02. The quantitative estimate of drug-likeness (QED) is 0.734. The van der Waals surface area contributed by atoms with Gasteiger partial charge in [0.2, 0.25) is 5.82 Å². The molecule has 15 heavy (non-hydrogen) atoms. The Morgan fingerprint density at radius 3 is 3.07 bits per heavy atom. The Bertz CT molecular complexity index is 538. The zero-order valence-corrected chi connectivity index (χ0v) is 8.56. The lowest BCUT2D eigenvalue weighted by Crippen LogP contribution is -1.94. The van der Waals surface area contributed by atoms with Gasteiger partial charge in [0.05, 0.1) is 6.61 Å². The van der Waals surface area contributed by atoms with Gasteiger partial charge in [0.15, 0.2) is 11.2 Å². The Morgan fingerprint density at radius 2 is 2.40 bits per heavy atom. The second kappa shape index (κ2) is 3.58. The molecule has 0 atom stereocenters. The van der Waals surface area contributed by atoms with Gasteiger partial charge in [0, 0.05) is 19.3 Å². The highest BCUT2D eigenvalue weighted by Gasteiger charge is 2.12. The van der Waals surface area contributed by atoms with Gasteiger partial charge in [0.25, 0.3) is 0 Å². The Balaban J connectivity index is 2.71. The maximum Gasteiger partial charge on any atom is 0.214 e. The number of rotatable bonds is 2. The molecule has 0 aliphatic carbocycles. The average molecular weight is 202 g/mol. The van der Waals surface area contributed by atoms with E-state index in [1.807, 2.05) is 13.0 Å². The molecule has 2 heterocycles. The number of fused-ring (bicyclic) bond motifs is 1. The molecule has 5 heteroatoms. The molecule has 0 unspecified atom stereocenters. The number of pyridine rings is 1. The summed E-state index contributed by atoms with van der Waals surface area (Å²) in [6.45, 7) is 2.47. The summed E-state index contributed by atoms with van der Waals surface area (Å²) in [5, 5.41) is 8.84. The van der Waals surface area contributed by atoms with Gasteiger partial charge in [0.1, 0.15) is 11.8 Å². The van der Waals surface area contributed by atoms with Crippen LogP contribution in [0, 0.1) is 11.3 Å². The molecule has 0 N–H and O–H groups in total. The summed E-state index contributed by atoms with van der Waals surface area (Å²) < 4.78 is 7.06. The molecule has 0 bridgehead atoms. The zero-order valence-electron chi connectivity index (χ0n) is 8.56. The lowest BCUT2D eigenvalue weighted by molar-refractivity contribution is 0.343. The third-order valence-electron chi connectivity index (χ3n) is 2.12. The van der Waals surface area contributed by atoms with Crippen molar-refractivity contribution in [3.63, 3.8) is 0 Å². The van der Waals surface area contributed by atoms with Gasteiger partial charge < -0.3 is 9.30 Å². The highest BCUT2D eigenvalue weighted by atomic mass is 16.5. The van der Waals surface area contributed by atoms with Gasteiger partial charge in [-0.3, -0.25) is 0 Å². The molecule has 0 saturated heterocycles. The molecule has 5 nitrogen and oxygen atoms in total. The summed E-state index contributed by atoms with van der Waals surface area (Å²) in [5.74, 6) is 1.00. The number of ether oxygens (including phenoxy) is 1. The van der Waals surface area contributed by atoms with Crippen LogP contribution in [-0.4, -0.2) is 21.1 Å². The molecule has 0 aromatic carbocycles. The normalized spacial score (nSPS) is 10.2. The second-order valence-corrected chi connectivity index (χ2v) is 3.02. The van der Waals surface area contributed by atoms with Gasteiger partial charge in [-0.15, -0.1) is 0 Å². The van der Waals surface area contributed by atoms with Crippen LogP contribution in [0.2, 0.25) is 0 Å². The monoisotopic (exact) mass is 202 g/mol. The van der Waals surface area contributed by atoms with Crippen LogP contribution in [0.5, 0.6) is 5.75 Å². The number of nitriles is 1. The first-order valence-corrected chi connectivity index (χ1v) is 4.62. The Hall–Kier alpha value is -2.09. The molecular formula is C10H10N4O. The van der Waals surface area contributed by atoms with Gasteiger partial charge >= 0.3 is 0 Å². The van der Waals surface area contributed by atoms with Crippen molar-refractivity contribution in [3.8, 4) is 11.8 Å². The summed E-state index contributed by atoms with van der Waals surface area (Å²) >= 11 is 0. The van der Waals surface area contributed by atoms with E-state index in [0.29, 0.717) is 29.3 Å². The van der Waals surface area contributed by atoms with Crippen molar-refractivity contribution >= 4 is 11.2 Å². The average Bonchev–Trinajstić information content (AvgIpc) is 2.58. The van der Waals surface area contributed by atoms with Crippen molar-refractivity contribution in [3.05, 3.63) is 18.1 Å². The van der Waals surface area contributed by atoms with Crippen LogP contribution in [0.15, 0.2) is 12.3 Å². The van der Waals surface area contributed by atoms with E-state index in [0.717, 1.165) is 0 Å². The molecular weight excluding hydrogens is 192 g/mol. The summed E-state index contributed by atoms with van der Waals surface area (Å²) in [4.78, 5) is 8.33. The van der Waals surface area contributed by atoms with Crippen LogP contribution in [0.1, 0.15) is 12.7 Å². The largest absolute Gasteiger partial charge is 0.491 e. The lowest BCUT2D eigenvalue weighted by atomic mass is 10.4. The summed E-state index contributed by atoms with van der Waals surface area (Å²) in [6, 6.07) is 3.76. The van der Waals surface area contributed by atoms with E-state index in [2.05, 4.69) is 9.97 Å². The minimum absolute atomic E-state index is 0.338. The maximum absolute atomic E-state index is 8.84. The smallest absolute Gasteiger partial charge is 0.214 e. The fraction of sp³-hybridized carbons (Fsp3) is 0.300. The molecule has 0 radical (unpaired) electrons. The van der Waals surface area contributed by atoms with E-state index in [4.69, 9.17) is 10.00 Å². The van der Waals surface area contributed by atoms with Crippen LogP contribution >= 0.6 is 0 Å². The number of aromatic nitrogens is 3. The van der Waals surface area contributed by atoms with Gasteiger partial charge in [-0.2, -0.15) is 5.26 Å². The first kappa shape index (κ1) is 9.46. The molecule has 0 amide bonds. The van der Waals surface area contributed by atoms with Crippen molar-refractivity contribution in [1.29, 1.82) is 5.26 Å². The number of hydrogen-bond donors (Lipinski definition) is 0.